The van der Waals surface area contributed by atoms with Gasteiger partial charge < -0.3 is 9.97 Å². The summed E-state index contributed by atoms with van der Waals surface area (Å²) in [6.45, 7) is 11.9. The third kappa shape index (κ3) is 11.0. The third-order valence-electron chi connectivity index (χ3n) is 8.42. The number of halogens is 1. The van der Waals surface area contributed by atoms with Crippen LogP contribution in [0.5, 0.6) is 0 Å². The first-order valence-corrected chi connectivity index (χ1v) is 17.6. The first-order valence-electron chi connectivity index (χ1n) is 16.8. The fourth-order valence-electron chi connectivity index (χ4n) is 6.14. The van der Waals surface area contributed by atoms with E-state index in [2.05, 4.69) is 41.9 Å². The van der Waals surface area contributed by atoms with E-state index in [4.69, 9.17) is 0 Å². The summed E-state index contributed by atoms with van der Waals surface area (Å²) >= 11 is 3.38. The fourth-order valence-corrected chi connectivity index (χ4v) is 6.65. The van der Waals surface area contributed by atoms with Crippen LogP contribution in [0.4, 0.5) is 11.4 Å². The Morgan fingerprint density at radius 3 is 1.73 bits per heavy atom. The maximum absolute atomic E-state index is 12.9. The van der Waals surface area contributed by atoms with Crippen LogP contribution in [0.15, 0.2) is 121 Å². The monoisotopic (exact) mass is 886 g/mol. The molecule has 4 aromatic carbocycles. The Kier molecular flexibility index (Phi) is 16.2. The minimum atomic E-state index is -0.417. The second-order valence-electron chi connectivity index (χ2n) is 12.7. The maximum atomic E-state index is 12.9. The summed E-state index contributed by atoms with van der Waals surface area (Å²) in [5.74, 6) is -0.759. The smallest absolute Gasteiger partial charge is 0.259 e. The second-order valence-corrected chi connectivity index (χ2v) is 13.6. The van der Waals surface area contributed by atoms with Crippen molar-refractivity contribution >= 4 is 51.3 Å². The number of aryl methyl sites for hydroxylation is 6. The quantitative estimate of drug-likeness (QED) is 0.0684. The van der Waals surface area contributed by atoms with Crippen molar-refractivity contribution < 1.29 is 43.1 Å². The SMILES string of the molecule is Cc1cc(C)c(N=CC(=O)c2c(Br)c[nH]c(=O)c2-c2[c-]cccc2)c(C)c1.Cc1cc(C)c(N=CC(=O)c2ccc(-c3ccccc3)[nH]c2=O)c(C)c1.[Cu].[Ni]. The molecule has 0 aliphatic heterocycles. The Balaban J connectivity index is 0.000000285. The first-order chi connectivity index (χ1) is 25.3. The number of aromatic nitrogens is 2. The summed E-state index contributed by atoms with van der Waals surface area (Å²) in [5, 5.41) is 0. The standard InChI is InChI=1S/C22H18BrN2O2.C22H20N2O2.Cu.Ni/c1-13-9-14(2)21(15(3)10-13)24-12-18(26)20-17(23)11-25-22(27)19(20)16-7-5-4-6-8-16;1-14-11-15(2)21(16(3)12-14)23-13-20(25)18-9-10-19(24-22(18)26)17-7-5-4-6-8-17;;/h4-7,9-12H,1-3H3,(H,25,27);4-13H,1-3H3,(H,24,26);;/q-1;;;. The van der Waals surface area contributed by atoms with Gasteiger partial charge in [-0.15, -0.1) is 35.9 Å². The molecule has 0 amide bonds. The van der Waals surface area contributed by atoms with Gasteiger partial charge in [0.25, 0.3) is 5.56 Å². The van der Waals surface area contributed by atoms with E-state index >= 15 is 0 Å². The van der Waals surface area contributed by atoms with E-state index in [-0.39, 0.29) is 61.6 Å². The van der Waals surface area contributed by atoms with E-state index in [1.54, 1.807) is 30.3 Å². The van der Waals surface area contributed by atoms with Crippen molar-refractivity contribution in [3.8, 4) is 22.4 Å². The predicted octanol–water partition coefficient (Wildman–Crippen LogP) is 9.66. The molecule has 2 N–H and O–H groups in total. The average Bonchev–Trinajstić information content (AvgIpc) is 3.12. The molecule has 0 saturated heterocycles. The van der Waals surface area contributed by atoms with Crippen molar-refractivity contribution in [2.45, 2.75) is 41.5 Å². The number of nitrogens with zero attached hydrogens (tertiary/aromatic N) is 2. The van der Waals surface area contributed by atoms with Gasteiger partial charge in [0.05, 0.1) is 29.4 Å². The molecule has 0 aliphatic rings. The minimum Gasteiger partial charge on any atom is -0.335 e. The molecule has 6 rings (SSSR count). The number of rotatable bonds is 8. The second kappa shape index (κ2) is 20.0. The number of nitrogens with one attached hydrogen (secondary N) is 2. The van der Waals surface area contributed by atoms with Crippen LogP contribution in [0, 0.1) is 47.6 Å². The molecule has 0 atom stereocenters. The zero-order valence-electron chi connectivity index (χ0n) is 30.9. The van der Waals surface area contributed by atoms with E-state index in [0.29, 0.717) is 15.7 Å². The molecule has 1 radical (unpaired) electrons. The number of hydrogen-bond donors (Lipinski definition) is 2. The Morgan fingerprint density at radius 1 is 0.691 bits per heavy atom. The summed E-state index contributed by atoms with van der Waals surface area (Å²) in [7, 11) is 0. The molecule has 2 aromatic heterocycles. The van der Waals surface area contributed by atoms with Crippen molar-refractivity contribution in [2.24, 2.45) is 9.98 Å². The van der Waals surface area contributed by atoms with Crippen LogP contribution in [-0.2, 0) is 33.6 Å². The molecule has 0 fully saturated rings. The minimum absolute atomic E-state index is 0. The van der Waals surface area contributed by atoms with Gasteiger partial charge in [0, 0.05) is 55.5 Å². The molecule has 6 aromatic rings. The molecule has 0 bridgehead atoms. The molecule has 2 heterocycles. The number of pyridine rings is 2. The van der Waals surface area contributed by atoms with Crippen molar-refractivity contribution in [3.63, 3.8) is 0 Å². The van der Waals surface area contributed by atoms with Gasteiger partial charge in [-0.25, -0.2) is 0 Å². The van der Waals surface area contributed by atoms with Gasteiger partial charge in [-0.05, 0) is 103 Å². The van der Waals surface area contributed by atoms with E-state index in [1.807, 2.05) is 102 Å². The van der Waals surface area contributed by atoms with Crippen LogP contribution in [-0.4, -0.2) is 34.0 Å². The van der Waals surface area contributed by atoms with Crippen molar-refractivity contribution in [1.29, 1.82) is 0 Å². The first kappa shape index (κ1) is 44.4. The van der Waals surface area contributed by atoms with Crippen molar-refractivity contribution in [3.05, 3.63) is 173 Å². The van der Waals surface area contributed by atoms with Gasteiger partial charge in [-0.1, -0.05) is 65.7 Å². The molecule has 55 heavy (non-hydrogen) atoms. The zero-order chi connectivity index (χ0) is 38.2. The Labute approximate surface area is 349 Å². The molecule has 0 aliphatic carbocycles. The molecule has 0 spiro atoms. The van der Waals surface area contributed by atoms with Gasteiger partial charge >= 0.3 is 0 Å². The number of aromatic amines is 2. The molecule has 11 heteroatoms. The van der Waals surface area contributed by atoms with Gasteiger partial charge in [0.1, 0.15) is 0 Å². The van der Waals surface area contributed by atoms with Crippen LogP contribution < -0.4 is 11.1 Å². The summed E-state index contributed by atoms with van der Waals surface area (Å²) in [5.41, 5.74) is 9.81. The van der Waals surface area contributed by atoms with Gasteiger partial charge in [-0.2, -0.15) is 0 Å². The van der Waals surface area contributed by atoms with E-state index in [0.717, 1.165) is 50.3 Å². The van der Waals surface area contributed by atoms with E-state index in [1.165, 1.54) is 18.6 Å². The topological polar surface area (TPSA) is 125 Å². The number of ketones is 2. The molecule has 0 unspecified atom stereocenters. The number of carbonyl (C=O) groups excluding carboxylic acids is 2. The molecule has 0 saturated carbocycles. The summed E-state index contributed by atoms with van der Waals surface area (Å²) in [6, 6.07) is 30.9. The van der Waals surface area contributed by atoms with Crippen LogP contribution in [0.3, 0.4) is 0 Å². The van der Waals surface area contributed by atoms with Crippen molar-refractivity contribution in [1.82, 2.24) is 9.97 Å². The van der Waals surface area contributed by atoms with Crippen LogP contribution in [0.25, 0.3) is 22.4 Å². The summed E-state index contributed by atoms with van der Waals surface area (Å²) in [4.78, 5) is 64.2. The Morgan fingerprint density at radius 2 is 1.22 bits per heavy atom. The largest absolute Gasteiger partial charge is 0.335 e. The van der Waals surface area contributed by atoms with Crippen LogP contribution >= 0.6 is 15.9 Å². The Hall–Kier alpha value is -5.05. The van der Waals surface area contributed by atoms with Gasteiger partial charge in [0.15, 0.2) is 5.78 Å². The normalized spacial score (nSPS) is 10.7. The van der Waals surface area contributed by atoms with Gasteiger partial charge in [0.2, 0.25) is 11.3 Å². The Bertz CT molecular complexity index is 2470. The number of Topliss-reactive ketones (excluding diaryl/α,β-unsaturated/α-hetero) is 2. The maximum Gasteiger partial charge on any atom is 0.259 e. The molecule has 287 valence electrons. The number of carbonyl (C=O) groups is 2. The van der Waals surface area contributed by atoms with Gasteiger partial charge in [-0.3, -0.25) is 29.2 Å². The number of aliphatic imine (C=N–C) groups is 2. The predicted molar refractivity (Wildman–Crippen MR) is 218 cm³/mol. The number of H-pyrrole nitrogens is 2. The van der Waals surface area contributed by atoms with Crippen LogP contribution in [0.2, 0.25) is 0 Å². The summed E-state index contributed by atoms with van der Waals surface area (Å²) < 4.78 is 0.503. The third-order valence-corrected chi connectivity index (χ3v) is 9.05. The molecular weight excluding hydrogens is 851 g/mol. The summed E-state index contributed by atoms with van der Waals surface area (Å²) in [6.07, 6.45) is 3.96. The molecule has 8 nitrogen and oxygen atoms in total. The van der Waals surface area contributed by atoms with E-state index < -0.39 is 11.3 Å². The zero-order valence-corrected chi connectivity index (χ0v) is 34.4. The van der Waals surface area contributed by atoms with Crippen molar-refractivity contribution in [2.75, 3.05) is 0 Å². The molecular formula is C44H38BrCuN4NiO4-. The number of hydrogen-bond acceptors (Lipinski definition) is 6. The number of benzene rings is 4. The van der Waals surface area contributed by atoms with E-state index in [9.17, 15) is 19.2 Å². The van der Waals surface area contributed by atoms with Crippen LogP contribution in [0.1, 0.15) is 54.1 Å². The fraction of sp³-hybridized carbons (Fsp3) is 0.136. The average molecular weight is 889 g/mol.